The van der Waals surface area contributed by atoms with Gasteiger partial charge >= 0.3 is 5.97 Å². The van der Waals surface area contributed by atoms with Crippen LogP contribution in [0.15, 0.2) is 12.7 Å². The molecule has 0 saturated carbocycles. The molecule has 0 aliphatic carbocycles. The summed E-state index contributed by atoms with van der Waals surface area (Å²) >= 11 is 0.912. The van der Waals surface area contributed by atoms with E-state index >= 15 is 0 Å². The third kappa shape index (κ3) is 4.71. The Hall–Kier alpha value is -1.80. The highest BCUT2D eigenvalue weighted by atomic mass is 32.1. The fourth-order valence-electron chi connectivity index (χ4n) is 1.22. The summed E-state index contributed by atoms with van der Waals surface area (Å²) in [7, 11) is 0. The fraction of sp³-hybridized carbons (Fsp3) is 0.500. The number of hydrogen-bond donors (Lipinski definition) is 1. The quantitative estimate of drug-likeness (QED) is 0.446. The second-order valence-electron chi connectivity index (χ2n) is 3.75. The zero-order valence-corrected chi connectivity index (χ0v) is 12.2. The zero-order valence-electron chi connectivity index (χ0n) is 11.4. The maximum absolute atomic E-state index is 11.9. The number of nitrogens with zero attached hydrogens (tertiary/aromatic N) is 2. The first-order valence-electron chi connectivity index (χ1n) is 6.13. The topological polar surface area (TPSA) is 90.4 Å². The van der Waals surface area contributed by atoms with E-state index in [9.17, 15) is 9.59 Å². The molecule has 0 saturated heterocycles. The van der Waals surface area contributed by atoms with Crippen LogP contribution in [0.4, 0.5) is 5.00 Å². The van der Waals surface area contributed by atoms with Gasteiger partial charge in [0.2, 0.25) is 5.69 Å². The van der Waals surface area contributed by atoms with Crippen molar-refractivity contribution in [1.29, 1.82) is 0 Å². The van der Waals surface area contributed by atoms with Gasteiger partial charge in [-0.3, -0.25) is 4.79 Å². The van der Waals surface area contributed by atoms with Crippen LogP contribution in [-0.4, -0.2) is 40.8 Å². The number of aromatic nitrogens is 2. The Morgan fingerprint density at radius 1 is 1.55 bits per heavy atom. The molecule has 8 heteroatoms. The number of anilines is 1. The lowest BCUT2D eigenvalue weighted by Gasteiger charge is -2.11. The average molecular weight is 299 g/mol. The van der Waals surface area contributed by atoms with Crippen molar-refractivity contribution in [2.24, 2.45) is 0 Å². The van der Waals surface area contributed by atoms with Gasteiger partial charge in [0, 0.05) is 11.5 Å². The molecular weight excluding hydrogens is 282 g/mol. The Bertz CT molecular complexity index is 475. The van der Waals surface area contributed by atoms with Crippen molar-refractivity contribution in [2.75, 3.05) is 18.5 Å². The number of amides is 1. The van der Waals surface area contributed by atoms with Gasteiger partial charge < -0.3 is 14.8 Å². The molecule has 1 aromatic heterocycles. The van der Waals surface area contributed by atoms with Gasteiger partial charge in [-0.1, -0.05) is 10.6 Å². The maximum atomic E-state index is 11.9. The van der Waals surface area contributed by atoms with Gasteiger partial charge in [-0.05, 0) is 20.3 Å². The first-order valence-corrected chi connectivity index (χ1v) is 6.90. The highest BCUT2D eigenvalue weighted by molar-refractivity contribution is 7.10. The van der Waals surface area contributed by atoms with E-state index in [4.69, 9.17) is 9.47 Å². The summed E-state index contributed by atoms with van der Waals surface area (Å²) in [6.07, 6.45) is 1.72. The minimum absolute atomic E-state index is 0.00323. The van der Waals surface area contributed by atoms with Crippen LogP contribution in [0.3, 0.4) is 0 Å². The number of carbonyl (C=O) groups is 2. The predicted octanol–water partition coefficient (Wildman–Crippen LogP) is 1.63. The second-order valence-corrected chi connectivity index (χ2v) is 4.50. The maximum Gasteiger partial charge on any atom is 0.362 e. The van der Waals surface area contributed by atoms with Crippen molar-refractivity contribution in [3.63, 3.8) is 0 Å². The van der Waals surface area contributed by atoms with E-state index in [0.29, 0.717) is 13.0 Å². The Kier molecular flexibility index (Phi) is 6.82. The lowest BCUT2D eigenvalue weighted by atomic mass is 10.3. The molecule has 0 aromatic carbocycles. The first-order chi connectivity index (χ1) is 9.60. The molecule has 7 nitrogen and oxygen atoms in total. The molecule has 1 N–H and O–H groups in total. The Balaban J connectivity index is 2.59. The molecule has 1 unspecified atom stereocenters. The van der Waals surface area contributed by atoms with E-state index in [-0.39, 0.29) is 23.2 Å². The largest absolute Gasteiger partial charge is 0.461 e. The highest BCUT2D eigenvalue weighted by Gasteiger charge is 2.21. The molecule has 1 rings (SSSR count). The summed E-state index contributed by atoms with van der Waals surface area (Å²) in [6.45, 7) is 7.51. The number of ether oxygens (including phenoxy) is 2. The van der Waals surface area contributed by atoms with Gasteiger partial charge in [0.1, 0.15) is 6.10 Å². The summed E-state index contributed by atoms with van der Waals surface area (Å²) in [5.41, 5.74) is 0.00323. The summed E-state index contributed by atoms with van der Waals surface area (Å²) in [6, 6.07) is 0. The Morgan fingerprint density at radius 2 is 2.30 bits per heavy atom. The van der Waals surface area contributed by atoms with Crippen molar-refractivity contribution >= 4 is 28.4 Å². The minimum atomic E-state index is -0.646. The fourth-order valence-corrected chi connectivity index (χ4v) is 1.78. The lowest BCUT2D eigenvalue weighted by Crippen LogP contribution is -2.28. The van der Waals surface area contributed by atoms with Crippen LogP contribution >= 0.6 is 11.5 Å². The van der Waals surface area contributed by atoms with E-state index in [0.717, 1.165) is 11.5 Å². The molecule has 1 atom stereocenters. The van der Waals surface area contributed by atoms with E-state index in [2.05, 4.69) is 21.5 Å². The number of rotatable bonds is 8. The standard InChI is InChI=1S/C12H17N3O4S/c1-4-6-7-19-8(3)10(16)13-11-9(14-15-20-11)12(17)18-5-2/h4,8H,1,5-7H2,2-3H3,(H,13,16). The molecule has 0 bridgehead atoms. The summed E-state index contributed by atoms with van der Waals surface area (Å²) in [5, 5.41) is 6.46. The van der Waals surface area contributed by atoms with Crippen LogP contribution in [0.2, 0.25) is 0 Å². The molecular formula is C12H17N3O4S. The van der Waals surface area contributed by atoms with Gasteiger partial charge in [0.05, 0.1) is 13.2 Å². The van der Waals surface area contributed by atoms with Gasteiger partial charge in [0.25, 0.3) is 5.91 Å². The molecule has 0 aliphatic heterocycles. The van der Waals surface area contributed by atoms with Gasteiger partial charge in [-0.25, -0.2) is 4.79 Å². The van der Waals surface area contributed by atoms with Crippen LogP contribution in [0.5, 0.6) is 0 Å². The third-order valence-corrected chi connectivity index (χ3v) is 2.89. The summed E-state index contributed by atoms with van der Waals surface area (Å²) < 4.78 is 13.8. The highest BCUT2D eigenvalue weighted by Crippen LogP contribution is 2.19. The molecule has 1 aromatic rings. The molecule has 0 aliphatic rings. The van der Waals surface area contributed by atoms with Crippen molar-refractivity contribution in [3.05, 3.63) is 18.3 Å². The molecule has 1 amide bonds. The van der Waals surface area contributed by atoms with Crippen LogP contribution < -0.4 is 5.32 Å². The van der Waals surface area contributed by atoms with Crippen LogP contribution in [0, 0.1) is 0 Å². The summed E-state index contributed by atoms with van der Waals surface area (Å²) in [5.74, 6) is -0.984. The van der Waals surface area contributed by atoms with Crippen molar-refractivity contribution in [2.45, 2.75) is 26.4 Å². The number of carbonyl (C=O) groups excluding carboxylic acids is 2. The second kappa shape index (κ2) is 8.39. The number of esters is 1. The average Bonchev–Trinajstić information content (AvgIpc) is 2.87. The Morgan fingerprint density at radius 3 is 2.95 bits per heavy atom. The van der Waals surface area contributed by atoms with Crippen LogP contribution in [0.1, 0.15) is 30.8 Å². The first kappa shape index (κ1) is 16.3. The smallest absolute Gasteiger partial charge is 0.362 e. The summed E-state index contributed by atoms with van der Waals surface area (Å²) in [4.78, 5) is 23.5. The van der Waals surface area contributed by atoms with Gasteiger partial charge in [0.15, 0.2) is 5.00 Å². The van der Waals surface area contributed by atoms with Gasteiger partial charge in [-0.15, -0.1) is 11.7 Å². The van der Waals surface area contributed by atoms with Crippen LogP contribution in [-0.2, 0) is 14.3 Å². The van der Waals surface area contributed by atoms with Crippen molar-refractivity contribution in [3.8, 4) is 0 Å². The normalized spacial score (nSPS) is 11.7. The minimum Gasteiger partial charge on any atom is -0.461 e. The predicted molar refractivity (Wildman–Crippen MR) is 74.7 cm³/mol. The Labute approximate surface area is 121 Å². The molecule has 0 spiro atoms. The number of hydrogen-bond acceptors (Lipinski definition) is 7. The molecule has 20 heavy (non-hydrogen) atoms. The third-order valence-electron chi connectivity index (χ3n) is 2.25. The van der Waals surface area contributed by atoms with E-state index < -0.39 is 12.1 Å². The van der Waals surface area contributed by atoms with Gasteiger partial charge in [-0.2, -0.15) is 0 Å². The van der Waals surface area contributed by atoms with Crippen LogP contribution in [0.25, 0.3) is 0 Å². The van der Waals surface area contributed by atoms with Crippen molar-refractivity contribution in [1.82, 2.24) is 9.59 Å². The van der Waals surface area contributed by atoms with Crippen molar-refractivity contribution < 1.29 is 19.1 Å². The molecule has 0 fully saturated rings. The molecule has 0 radical (unpaired) electrons. The van der Waals surface area contributed by atoms with E-state index in [1.165, 1.54) is 0 Å². The van der Waals surface area contributed by atoms with E-state index in [1.54, 1.807) is 19.9 Å². The molecule has 110 valence electrons. The molecule has 1 heterocycles. The SMILES string of the molecule is C=CCCOC(C)C(=O)Nc1snnc1C(=O)OCC. The number of nitrogens with one attached hydrogen (secondary N) is 1. The lowest BCUT2D eigenvalue weighted by molar-refractivity contribution is -0.126. The monoisotopic (exact) mass is 299 g/mol. The zero-order chi connectivity index (χ0) is 15.0. The van der Waals surface area contributed by atoms with E-state index in [1.807, 2.05) is 0 Å².